The first kappa shape index (κ1) is 16.8. The van der Waals surface area contributed by atoms with E-state index in [1.165, 1.54) is 10.4 Å². The van der Waals surface area contributed by atoms with Crippen LogP contribution in [-0.4, -0.2) is 32.4 Å². The van der Waals surface area contributed by atoms with Crippen LogP contribution in [0.25, 0.3) is 0 Å². The zero-order valence-corrected chi connectivity index (χ0v) is 13.2. The van der Waals surface area contributed by atoms with Crippen LogP contribution >= 0.6 is 0 Å². The molecule has 5 nitrogen and oxygen atoms in total. The molecule has 0 saturated heterocycles. The Hall–Kier alpha value is -1.27. The van der Waals surface area contributed by atoms with Gasteiger partial charge in [-0.05, 0) is 31.5 Å². The van der Waals surface area contributed by atoms with Crippen LogP contribution in [0, 0.1) is 0 Å². The number of benzene rings is 1. The van der Waals surface area contributed by atoms with Crippen molar-refractivity contribution in [2.45, 2.75) is 38.5 Å². The largest absolute Gasteiger partial charge is 0.492 e. The topological polar surface area (TPSA) is 72.6 Å². The second-order valence-electron chi connectivity index (χ2n) is 4.49. The number of hydrogen-bond acceptors (Lipinski definition) is 4. The third-order valence-electron chi connectivity index (χ3n) is 3.00. The van der Waals surface area contributed by atoms with Crippen LogP contribution in [0.15, 0.2) is 23.1 Å². The van der Waals surface area contributed by atoms with E-state index in [4.69, 9.17) is 10.5 Å². The maximum Gasteiger partial charge on any atom is 0.246 e. The summed E-state index contributed by atoms with van der Waals surface area (Å²) in [7, 11) is -3.57. The Bertz CT molecular complexity index is 529. The predicted octanol–water partition coefficient (Wildman–Crippen LogP) is 2.48. The Labute approximate surface area is 121 Å². The van der Waals surface area contributed by atoms with E-state index < -0.39 is 10.0 Å². The molecule has 0 amide bonds. The fourth-order valence-corrected chi connectivity index (χ4v) is 3.58. The molecule has 1 aromatic carbocycles. The molecular formula is C14H24N2O3S. The number of rotatable bonds is 8. The van der Waals surface area contributed by atoms with Crippen LogP contribution in [0.3, 0.4) is 0 Å². The summed E-state index contributed by atoms with van der Waals surface area (Å²) in [5.74, 6) is 0.358. The van der Waals surface area contributed by atoms with Gasteiger partial charge in [-0.15, -0.1) is 0 Å². The maximum atomic E-state index is 12.7. The van der Waals surface area contributed by atoms with Crippen LogP contribution in [0.1, 0.15) is 33.6 Å². The van der Waals surface area contributed by atoms with E-state index in [0.717, 1.165) is 12.8 Å². The summed E-state index contributed by atoms with van der Waals surface area (Å²) in [6.07, 6.45) is 1.78. The first-order valence-electron chi connectivity index (χ1n) is 6.99. The van der Waals surface area contributed by atoms with Crippen molar-refractivity contribution >= 4 is 15.7 Å². The number of nitrogens with two attached hydrogens (primary N) is 1. The van der Waals surface area contributed by atoms with Gasteiger partial charge in [0.15, 0.2) is 0 Å². The Balaban J connectivity index is 3.21. The van der Waals surface area contributed by atoms with E-state index in [-0.39, 0.29) is 4.90 Å². The lowest BCUT2D eigenvalue weighted by Gasteiger charge is -2.22. The second-order valence-corrected chi connectivity index (χ2v) is 6.40. The van der Waals surface area contributed by atoms with Crippen molar-refractivity contribution in [3.63, 3.8) is 0 Å². The zero-order chi connectivity index (χ0) is 15.2. The van der Waals surface area contributed by atoms with E-state index in [1.54, 1.807) is 12.1 Å². The predicted molar refractivity (Wildman–Crippen MR) is 81.4 cm³/mol. The number of nitrogens with zero attached hydrogens (tertiary/aromatic N) is 1. The first-order chi connectivity index (χ1) is 9.47. The van der Waals surface area contributed by atoms with E-state index in [2.05, 4.69) is 0 Å². The average Bonchev–Trinajstić information content (AvgIpc) is 2.41. The normalized spacial score (nSPS) is 11.8. The smallest absolute Gasteiger partial charge is 0.246 e. The number of sulfonamides is 1. The van der Waals surface area contributed by atoms with E-state index in [0.29, 0.717) is 31.1 Å². The summed E-state index contributed by atoms with van der Waals surface area (Å²) >= 11 is 0. The molecule has 0 saturated carbocycles. The quantitative estimate of drug-likeness (QED) is 0.749. The van der Waals surface area contributed by atoms with Gasteiger partial charge < -0.3 is 10.5 Å². The van der Waals surface area contributed by atoms with Crippen molar-refractivity contribution in [1.29, 1.82) is 0 Å². The SMILES string of the molecule is CCCCN(CC)S(=O)(=O)c1cc(N)ccc1OCC. The minimum Gasteiger partial charge on any atom is -0.492 e. The lowest BCUT2D eigenvalue weighted by atomic mass is 10.3. The minimum atomic E-state index is -3.57. The molecule has 0 aliphatic carbocycles. The molecule has 1 rings (SSSR count). The number of nitrogen functional groups attached to an aromatic ring is 1. The molecule has 0 spiro atoms. The molecule has 20 heavy (non-hydrogen) atoms. The molecule has 0 unspecified atom stereocenters. The molecule has 6 heteroatoms. The van der Waals surface area contributed by atoms with Crippen molar-refractivity contribution < 1.29 is 13.2 Å². The second kappa shape index (κ2) is 7.50. The fraction of sp³-hybridized carbons (Fsp3) is 0.571. The molecule has 1 aromatic rings. The van der Waals surface area contributed by atoms with Gasteiger partial charge in [0.1, 0.15) is 10.6 Å². The molecule has 0 bridgehead atoms. The molecule has 0 fully saturated rings. The van der Waals surface area contributed by atoms with Crippen LogP contribution in [0.4, 0.5) is 5.69 Å². The molecule has 0 aromatic heterocycles. The Morgan fingerprint density at radius 3 is 2.50 bits per heavy atom. The van der Waals surface area contributed by atoms with Gasteiger partial charge in [-0.1, -0.05) is 20.3 Å². The molecule has 2 N–H and O–H groups in total. The Morgan fingerprint density at radius 2 is 1.95 bits per heavy atom. The number of unbranched alkanes of at least 4 members (excludes halogenated alkanes) is 1. The van der Waals surface area contributed by atoms with Crippen LogP contribution in [0.5, 0.6) is 5.75 Å². The molecule has 114 valence electrons. The van der Waals surface area contributed by atoms with Gasteiger partial charge in [-0.2, -0.15) is 4.31 Å². The van der Waals surface area contributed by atoms with Gasteiger partial charge in [0.25, 0.3) is 0 Å². The van der Waals surface area contributed by atoms with Crippen molar-refractivity contribution in [2.24, 2.45) is 0 Å². The fourth-order valence-electron chi connectivity index (χ4n) is 1.92. The van der Waals surface area contributed by atoms with Crippen molar-refractivity contribution in [3.05, 3.63) is 18.2 Å². The lowest BCUT2D eigenvalue weighted by molar-refractivity contribution is 0.329. The number of anilines is 1. The molecule has 0 radical (unpaired) electrons. The highest BCUT2D eigenvalue weighted by atomic mass is 32.2. The lowest BCUT2D eigenvalue weighted by Crippen LogP contribution is -2.32. The maximum absolute atomic E-state index is 12.7. The van der Waals surface area contributed by atoms with Gasteiger partial charge >= 0.3 is 0 Å². The highest BCUT2D eigenvalue weighted by Crippen LogP contribution is 2.29. The van der Waals surface area contributed by atoms with Crippen LogP contribution in [-0.2, 0) is 10.0 Å². The van der Waals surface area contributed by atoms with Crippen molar-refractivity contribution in [1.82, 2.24) is 4.31 Å². The van der Waals surface area contributed by atoms with Crippen LogP contribution < -0.4 is 10.5 Å². The third kappa shape index (κ3) is 3.86. The summed E-state index contributed by atoms with van der Waals surface area (Å²) in [5.41, 5.74) is 6.14. The van der Waals surface area contributed by atoms with E-state index >= 15 is 0 Å². The molecule has 0 aliphatic heterocycles. The van der Waals surface area contributed by atoms with Gasteiger partial charge in [0.2, 0.25) is 10.0 Å². The van der Waals surface area contributed by atoms with Gasteiger partial charge in [0.05, 0.1) is 6.61 Å². The van der Waals surface area contributed by atoms with E-state index in [1.807, 2.05) is 20.8 Å². The first-order valence-corrected chi connectivity index (χ1v) is 8.43. The average molecular weight is 300 g/mol. The highest BCUT2D eigenvalue weighted by Gasteiger charge is 2.26. The number of ether oxygens (including phenoxy) is 1. The summed E-state index contributed by atoms with van der Waals surface area (Å²) < 4.78 is 32.3. The van der Waals surface area contributed by atoms with E-state index in [9.17, 15) is 8.42 Å². The molecular weight excluding hydrogens is 276 g/mol. The molecule has 0 aliphatic rings. The molecule has 0 atom stereocenters. The monoisotopic (exact) mass is 300 g/mol. The van der Waals surface area contributed by atoms with Crippen LogP contribution in [0.2, 0.25) is 0 Å². The standard InChI is InChI=1S/C14H24N2O3S/c1-4-7-10-16(5-2)20(17,18)14-11-12(15)8-9-13(14)19-6-3/h8-9,11H,4-7,10,15H2,1-3H3. The van der Waals surface area contributed by atoms with Crippen molar-refractivity contribution in [2.75, 3.05) is 25.4 Å². The third-order valence-corrected chi connectivity index (χ3v) is 4.99. The summed E-state index contributed by atoms with van der Waals surface area (Å²) in [6, 6.07) is 4.72. The van der Waals surface area contributed by atoms with Gasteiger partial charge in [-0.3, -0.25) is 0 Å². The summed E-state index contributed by atoms with van der Waals surface area (Å²) in [6.45, 7) is 7.04. The Kier molecular flexibility index (Phi) is 6.29. The van der Waals surface area contributed by atoms with Gasteiger partial charge in [-0.25, -0.2) is 8.42 Å². The minimum absolute atomic E-state index is 0.150. The highest BCUT2D eigenvalue weighted by molar-refractivity contribution is 7.89. The van der Waals surface area contributed by atoms with Gasteiger partial charge in [0, 0.05) is 18.8 Å². The van der Waals surface area contributed by atoms with Crippen molar-refractivity contribution in [3.8, 4) is 5.75 Å². The number of hydrogen-bond donors (Lipinski definition) is 1. The summed E-state index contributed by atoms with van der Waals surface area (Å²) in [5, 5.41) is 0. The molecule has 0 heterocycles. The summed E-state index contributed by atoms with van der Waals surface area (Å²) in [4.78, 5) is 0.150. The zero-order valence-electron chi connectivity index (χ0n) is 12.4. The Morgan fingerprint density at radius 1 is 1.25 bits per heavy atom.